The van der Waals surface area contributed by atoms with Crippen molar-refractivity contribution in [2.75, 3.05) is 6.61 Å². The predicted molar refractivity (Wildman–Crippen MR) is 128 cm³/mol. The monoisotopic (exact) mass is 504 g/mol. The van der Waals surface area contributed by atoms with E-state index < -0.39 is 28.9 Å². The number of nitrogens with zero attached hydrogens (tertiary/aromatic N) is 2. The zero-order chi connectivity index (χ0) is 25.4. The number of amides is 2. The van der Waals surface area contributed by atoms with Crippen LogP contribution < -0.4 is 15.4 Å². The molecule has 1 atom stereocenters. The van der Waals surface area contributed by atoms with Gasteiger partial charge in [-0.3, -0.25) is 14.6 Å². The number of halogens is 2. The number of nitrogens with one attached hydrogen (secondary N) is 2. The lowest BCUT2D eigenvalue weighted by Gasteiger charge is -2.56. The quantitative estimate of drug-likeness (QED) is 0.556. The van der Waals surface area contributed by atoms with E-state index in [0.29, 0.717) is 32.1 Å². The van der Waals surface area contributed by atoms with Crippen LogP contribution in [0, 0.1) is 5.82 Å². The van der Waals surface area contributed by atoms with Crippen LogP contribution >= 0.6 is 11.6 Å². The maximum Gasteiger partial charge on any atom is 0.271 e. The third-order valence-electron chi connectivity index (χ3n) is 7.00. The maximum atomic E-state index is 13.6. The van der Waals surface area contributed by atoms with E-state index in [1.165, 1.54) is 18.3 Å². The lowest BCUT2D eigenvalue weighted by Crippen LogP contribution is -2.70. The minimum atomic E-state index is -0.837. The summed E-state index contributed by atoms with van der Waals surface area (Å²) >= 11 is 5.66. The molecule has 1 heterocycles. The van der Waals surface area contributed by atoms with Crippen molar-refractivity contribution in [2.45, 2.75) is 75.5 Å². The van der Waals surface area contributed by atoms with Crippen molar-refractivity contribution < 1.29 is 23.8 Å². The molecule has 0 saturated heterocycles. The zero-order valence-corrected chi connectivity index (χ0v) is 20.8. The van der Waals surface area contributed by atoms with Crippen molar-refractivity contribution in [3.63, 3.8) is 0 Å². The summed E-state index contributed by atoms with van der Waals surface area (Å²) in [6.07, 6.45) is 4.79. The van der Waals surface area contributed by atoms with Crippen LogP contribution in [0.1, 0.15) is 69.1 Å². The van der Waals surface area contributed by atoms with Gasteiger partial charge >= 0.3 is 0 Å². The number of carbonyl (C=O) groups excluding carboxylic acids is 2. The summed E-state index contributed by atoms with van der Waals surface area (Å²) in [4.78, 5) is 34.1. The lowest BCUT2D eigenvalue weighted by atomic mass is 9.60. The average molecular weight is 505 g/mol. The smallest absolute Gasteiger partial charge is 0.271 e. The van der Waals surface area contributed by atoms with E-state index in [-0.39, 0.29) is 34.4 Å². The van der Waals surface area contributed by atoms with Gasteiger partial charge in [0.15, 0.2) is 6.61 Å². The Bertz CT molecular complexity index is 1110. The third kappa shape index (κ3) is 5.41. The first-order valence-corrected chi connectivity index (χ1v) is 12.0. The highest BCUT2D eigenvalue weighted by Gasteiger charge is 2.55. The highest BCUT2D eigenvalue weighted by atomic mass is 35.5. The second-order valence-electron chi connectivity index (χ2n) is 10.6. The number of ether oxygens (including phenoxy) is 1. The maximum absolute atomic E-state index is 13.6. The largest absolute Gasteiger partial charge is 0.484 e. The van der Waals surface area contributed by atoms with Crippen LogP contribution in [0.4, 0.5) is 4.39 Å². The third-order valence-corrected chi connectivity index (χ3v) is 7.31. The van der Waals surface area contributed by atoms with E-state index in [4.69, 9.17) is 16.3 Å². The summed E-state index contributed by atoms with van der Waals surface area (Å²) in [5.41, 5.74) is -0.490. The molecule has 3 aliphatic carbocycles. The number of rotatable bonds is 6. The molecule has 1 aromatic carbocycles. The molecule has 8 nitrogen and oxygen atoms in total. The van der Waals surface area contributed by atoms with Crippen molar-refractivity contribution in [1.82, 2.24) is 20.6 Å². The molecular weight excluding hydrogens is 475 g/mol. The lowest BCUT2D eigenvalue weighted by molar-refractivity contribution is -0.132. The summed E-state index contributed by atoms with van der Waals surface area (Å²) in [5.74, 6) is -1.18. The highest BCUT2D eigenvalue weighted by Crippen LogP contribution is 2.47. The van der Waals surface area contributed by atoms with Gasteiger partial charge in [0.2, 0.25) is 0 Å². The molecule has 0 aliphatic heterocycles. The number of aromatic nitrogens is 2. The van der Waals surface area contributed by atoms with Gasteiger partial charge in [0.1, 0.15) is 17.3 Å². The Morgan fingerprint density at radius 1 is 1.17 bits per heavy atom. The molecule has 3 saturated carbocycles. The second-order valence-corrected chi connectivity index (χ2v) is 11.0. The first kappa shape index (κ1) is 25.3. The molecular formula is C25H30ClFN4O4. The number of fused-ring (bicyclic) bond motifs is 3. The Labute approximate surface area is 208 Å². The molecule has 0 unspecified atom stereocenters. The minimum Gasteiger partial charge on any atom is -0.484 e. The Kier molecular flexibility index (Phi) is 6.76. The highest BCUT2D eigenvalue weighted by molar-refractivity contribution is 6.30. The van der Waals surface area contributed by atoms with E-state index in [0.717, 1.165) is 11.8 Å². The van der Waals surface area contributed by atoms with Crippen LogP contribution in [-0.4, -0.2) is 50.7 Å². The van der Waals surface area contributed by atoms with Crippen LogP contribution in [-0.2, 0) is 10.2 Å². The van der Waals surface area contributed by atoms with Crippen LogP contribution in [0.3, 0.4) is 0 Å². The van der Waals surface area contributed by atoms with Gasteiger partial charge in [-0.1, -0.05) is 32.4 Å². The van der Waals surface area contributed by atoms with Gasteiger partial charge in [0, 0.05) is 23.2 Å². The van der Waals surface area contributed by atoms with Crippen molar-refractivity contribution in [3.05, 3.63) is 52.8 Å². The standard InChI is InChI=1S/C25H30ClFN4O4/c1-23(2,3)19-13-28-18(12-29-19)22(34)31-24-6-8-25(9-7-24,20(32)11-24)30-21(33)14-35-15-4-5-16(26)17(27)10-15/h4-5,10,12-13,20,32H,6-9,11,14H2,1-3H3,(H,30,33)(H,31,34)/t20-,24?,25?/m0/s1. The predicted octanol–water partition coefficient (Wildman–Crippen LogP) is 3.31. The number of benzene rings is 1. The van der Waals surface area contributed by atoms with E-state index >= 15 is 0 Å². The van der Waals surface area contributed by atoms with Crippen molar-refractivity contribution in [1.29, 1.82) is 0 Å². The number of aliphatic hydroxyl groups excluding tert-OH is 1. The molecule has 2 aromatic rings. The minimum absolute atomic E-state index is 0.0298. The fourth-order valence-electron chi connectivity index (χ4n) is 4.83. The second kappa shape index (κ2) is 9.35. The Morgan fingerprint density at radius 2 is 1.89 bits per heavy atom. The first-order valence-electron chi connectivity index (χ1n) is 11.6. The molecule has 188 valence electrons. The van der Waals surface area contributed by atoms with Gasteiger partial charge in [-0.15, -0.1) is 0 Å². The van der Waals surface area contributed by atoms with E-state index in [9.17, 15) is 19.1 Å². The zero-order valence-electron chi connectivity index (χ0n) is 20.0. The normalized spacial score (nSPS) is 25.7. The molecule has 0 radical (unpaired) electrons. The summed E-state index contributed by atoms with van der Waals surface area (Å²) in [6, 6.07) is 3.94. The Morgan fingerprint density at radius 3 is 2.46 bits per heavy atom. The van der Waals surface area contributed by atoms with Crippen molar-refractivity contribution in [2.24, 2.45) is 0 Å². The van der Waals surface area contributed by atoms with Gasteiger partial charge in [-0.2, -0.15) is 0 Å². The van der Waals surface area contributed by atoms with Gasteiger partial charge < -0.3 is 20.5 Å². The topological polar surface area (TPSA) is 113 Å². The molecule has 10 heteroatoms. The van der Waals surface area contributed by atoms with E-state index in [1.54, 1.807) is 6.20 Å². The van der Waals surface area contributed by atoms with E-state index in [1.807, 2.05) is 20.8 Å². The summed E-state index contributed by atoms with van der Waals surface area (Å²) in [5, 5.41) is 16.9. The number of aliphatic hydroxyl groups is 1. The molecule has 3 aliphatic rings. The van der Waals surface area contributed by atoms with Crippen LogP contribution in [0.5, 0.6) is 5.75 Å². The summed E-state index contributed by atoms with van der Waals surface area (Å²) in [6.45, 7) is 5.75. The molecule has 3 N–H and O–H groups in total. The molecule has 1 aromatic heterocycles. The van der Waals surface area contributed by atoms with Gasteiger partial charge in [0.05, 0.1) is 28.6 Å². The molecule has 5 rings (SSSR count). The first-order chi connectivity index (χ1) is 16.4. The van der Waals surface area contributed by atoms with Gasteiger partial charge in [-0.25, -0.2) is 9.37 Å². The van der Waals surface area contributed by atoms with Gasteiger partial charge in [0.25, 0.3) is 11.8 Å². The number of carbonyl (C=O) groups is 2. The SMILES string of the molecule is CC(C)(C)c1cnc(C(=O)NC23CCC(NC(=O)COc4ccc(Cl)c(F)c4)(CC2)[C@@H](O)C3)cn1. The fraction of sp³-hybridized carbons (Fsp3) is 0.520. The molecule has 3 fully saturated rings. The van der Waals surface area contributed by atoms with Crippen molar-refractivity contribution in [3.8, 4) is 5.75 Å². The Hall–Kier alpha value is -2.78. The average Bonchev–Trinajstić information content (AvgIpc) is 2.80. The van der Waals surface area contributed by atoms with Crippen molar-refractivity contribution >= 4 is 23.4 Å². The Balaban J connectivity index is 1.34. The number of hydrogen-bond acceptors (Lipinski definition) is 6. The summed E-state index contributed by atoms with van der Waals surface area (Å²) < 4.78 is 18.9. The molecule has 35 heavy (non-hydrogen) atoms. The van der Waals surface area contributed by atoms with Gasteiger partial charge in [-0.05, 0) is 44.2 Å². The van der Waals surface area contributed by atoms with E-state index in [2.05, 4.69) is 20.6 Å². The fourth-order valence-corrected chi connectivity index (χ4v) is 4.95. The van der Waals surface area contributed by atoms with Crippen LogP contribution in [0.15, 0.2) is 30.6 Å². The summed E-state index contributed by atoms with van der Waals surface area (Å²) in [7, 11) is 0. The number of hydrogen-bond donors (Lipinski definition) is 3. The van der Waals surface area contributed by atoms with Crippen LogP contribution in [0.2, 0.25) is 5.02 Å². The molecule has 2 amide bonds. The molecule has 0 spiro atoms. The van der Waals surface area contributed by atoms with Crippen LogP contribution in [0.25, 0.3) is 0 Å². The molecule has 2 bridgehead atoms.